The number of anilines is 1. The van der Waals surface area contributed by atoms with Crippen molar-refractivity contribution in [3.8, 4) is 11.5 Å². The first-order valence-corrected chi connectivity index (χ1v) is 10.9. The first kappa shape index (κ1) is 18.4. The summed E-state index contributed by atoms with van der Waals surface area (Å²) in [6.45, 7) is 7.03. The third-order valence-electron chi connectivity index (χ3n) is 7.64. The number of benzene rings is 2. The quantitative estimate of drug-likeness (QED) is 0.554. The molecule has 2 N–H and O–H groups in total. The van der Waals surface area contributed by atoms with Gasteiger partial charge < -0.3 is 10.5 Å². The lowest BCUT2D eigenvalue weighted by Gasteiger charge is -2.65. The minimum absolute atomic E-state index is 0.295. The van der Waals surface area contributed by atoms with E-state index in [4.69, 9.17) is 22.1 Å². The molecule has 0 spiro atoms. The number of halogens is 1. The predicted molar refractivity (Wildman–Crippen MR) is 116 cm³/mol. The van der Waals surface area contributed by atoms with Crippen molar-refractivity contribution in [2.75, 3.05) is 5.73 Å². The first-order valence-electron chi connectivity index (χ1n) is 10.5. The highest BCUT2D eigenvalue weighted by molar-refractivity contribution is 6.32. The van der Waals surface area contributed by atoms with Gasteiger partial charge in [-0.15, -0.1) is 0 Å². The molecule has 4 fully saturated rings. The number of hydrogen-bond donors (Lipinski definition) is 1. The molecule has 4 saturated carbocycles. The third kappa shape index (κ3) is 2.92. The summed E-state index contributed by atoms with van der Waals surface area (Å²) < 4.78 is 6.07. The van der Waals surface area contributed by atoms with Crippen LogP contribution in [0.15, 0.2) is 36.4 Å². The normalized spacial score (nSPS) is 35.9. The fraction of sp³-hybridized carbons (Fsp3) is 0.520. The summed E-state index contributed by atoms with van der Waals surface area (Å²) in [5, 5.41) is 0.707. The zero-order chi connectivity index (χ0) is 19.7. The van der Waals surface area contributed by atoms with E-state index in [0.717, 1.165) is 28.7 Å². The second-order valence-corrected chi connectivity index (χ2v) is 11.1. The zero-order valence-corrected chi connectivity index (χ0v) is 17.9. The summed E-state index contributed by atoms with van der Waals surface area (Å²) in [5.41, 5.74) is 10.4. The van der Waals surface area contributed by atoms with E-state index < -0.39 is 0 Å². The van der Waals surface area contributed by atoms with Crippen molar-refractivity contribution in [1.29, 1.82) is 0 Å². The molecule has 2 unspecified atom stereocenters. The average molecular weight is 396 g/mol. The Balaban J connectivity index is 1.46. The number of rotatable bonds is 3. The van der Waals surface area contributed by atoms with E-state index >= 15 is 0 Å². The van der Waals surface area contributed by atoms with Gasteiger partial charge in [-0.05, 0) is 109 Å². The maximum atomic E-state index is 6.71. The van der Waals surface area contributed by atoms with Gasteiger partial charge in [0.25, 0.3) is 0 Å². The molecular formula is C25H30ClNO. The predicted octanol–water partition coefficient (Wildman–Crippen LogP) is 7.27. The summed E-state index contributed by atoms with van der Waals surface area (Å²) in [5.74, 6) is 2.37. The van der Waals surface area contributed by atoms with Crippen LogP contribution in [0.3, 0.4) is 0 Å². The van der Waals surface area contributed by atoms with Crippen LogP contribution in [0, 0.1) is 23.7 Å². The summed E-state index contributed by atoms with van der Waals surface area (Å²) >= 11 is 6.71. The largest absolute Gasteiger partial charge is 0.456 e. The van der Waals surface area contributed by atoms with Crippen molar-refractivity contribution in [1.82, 2.24) is 0 Å². The Morgan fingerprint density at radius 2 is 1.68 bits per heavy atom. The van der Waals surface area contributed by atoms with E-state index in [1.54, 1.807) is 0 Å². The van der Waals surface area contributed by atoms with Gasteiger partial charge in [0.2, 0.25) is 0 Å². The number of nitrogens with two attached hydrogens (primary N) is 1. The Hall–Kier alpha value is -1.67. The summed E-state index contributed by atoms with van der Waals surface area (Å²) in [6.07, 6.45) is 8.15. The average Bonchev–Trinajstić information content (AvgIpc) is 2.56. The highest BCUT2D eigenvalue weighted by Gasteiger charge is 2.60. The molecule has 0 aliphatic heterocycles. The summed E-state index contributed by atoms with van der Waals surface area (Å²) in [4.78, 5) is 0. The van der Waals surface area contributed by atoms with Gasteiger partial charge in [-0.25, -0.2) is 0 Å². The molecule has 4 bridgehead atoms. The van der Waals surface area contributed by atoms with Gasteiger partial charge in [0.05, 0.1) is 5.02 Å². The monoisotopic (exact) mass is 395 g/mol. The summed E-state index contributed by atoms with van der Waals surface area (Å²) in [6, 6.07) is 12.2. The molecule has 0 heterocycles. The fourth-order valence-electron chi connectivity index (χ4n) is 7.52. The molecule has 0 saturated heterocycles. The molecule has 2 aromatic rings. The Kier molecular flexibility index (Phi) is 3.88. The van der Waals surface area contributed by atoms with E-state index in [9.17, 15) is 0 Å². The lowest BCUT2D eigenvalue weighted by atomic mass is 9.39. The maximum absolute atomic E-state index is 6.71. The van der Waals surface area contributed by atoms with Gasteiger partial charge in [-0.2, -0.15) is 0 Å². The van der Waals surface area contributed by atoms with Crippen LogP contribution in [0.2, 0.25) is 5.02 Å². The van der Waals surface area contributed by atoms with Gasteiger partial charge in [0, 0.05) is 5.69 Å². The number of hydrogen-bond acceptors (Lipinski definition) is 2. The smallest absolute Gasteiger partial charge is 0.146 e. The van der Waals surface area contributed by atoms with Crippen LogP contribution >= 0.6 is 11.6 Å². The van der Waals surface area contributed by atoms with Gasteiger partial charge >= 0.3 is 0 Å². The Morgan fingerprint density at radius 3 is 2.29 bits per heavy atom. The summed E-state index contributed by atoms with van der Waals surface area (Å²) in [7, 11) is 0. The van der Waals surface area contributed by atoms with E-state index in [1.165, 1.54) is 44.1 Å². The minimum Gasteiger partial charge on any atom is -0.456 e. The van der Waals surface area contributed by atoms with Crippen molar-refractivity contribution in [3.05, 3.63) is 52.5 Å². The van der Waals surface area contributed by atoms with Crippen LogP contribution in [0.1, 0.15) is 63.5 Å². The van der Waals surface area contributed by atoms with E-state index in [2.05, 4.69) is 32.0 Å². The highest BCUT2D eigenvalue weighted by atomic mass is 35.5. The molecule has 0 amide bonds. The van der Waals surface area contributed by atoms with E-state index in [-0.39, 0.29) is 0 Å². The Morgan fingerprint density at radius 1 is 0.964 bits per heavy atom. The molecule has 6 rings (SSSR count). The molecule has 2 nitrogen and oxygen atoms in total. The maximum Gasteiger partial charge on any atom is 0.146 e. The lowest BCUT2D eigenvalue weighted by molar-refractivity contribution is -0.110. The van der Waals surface area contributed by atoms with Gasteiger partial charge in [0.1, 0.15) is 11.5 Å². The van der Waals surface area contributed by atoms with Crippen LogP contribution in [0.25, 0.3) is 0 Å². The first-order chi connectivity index (χ1) is 13.2. The second kappa shape index (κ2) is 5.92. The number of aryl methyl sites for hydroxylation is 1. The van der Waals surface area contributed by atoms with Crippen LogP contribution in [0.5, 0.6) is 11.5 Å². The van der Waals surface area contributed by atoms with E-state index in [1.807, 2.05) is 25.1 Å². The molecule has 4 aliphatic carbocycles. The van der Waals surface area contributed by atoms with Gasteiger partial charge in [-0.3, -0.25) is 0 Å². The standard InChI is InChI=1S/C25H30ClNO/c1-16-8-19(5-6-21(16)27)28-22-7-4-18(9-20(22)26)25-12-17-10-23(2,14-25)13-24(3,11-17)15-25/h4-9,17H,10-15,27H2,1-3H3. The number of nitrogen functional groups attached to an aromatic ring is 1. The molecule has 0 aromatic heterocycles. The van der Waals surface area contributed by atoms with Crippen molar-refractivity contribution >= 4 is 17.3 Å². The Labute approximate surface area is 173 Å². The third-order valence-corrected chi connectivity index (χ3v) is 7.93. The van der Waals surface area contributed by atoms with Gasteiger partial charge in [0.15, 0.2) is 0 Å². The lowest BCUT2D eigenvalue weighted by Crippen LogP contribution is -2.56. The van der Waals surface area contributed by atoms with Crippen LogP contribution in [-0.2, 0) is 5.41 Å². The molecule has 2 atom stereocenters. The van der Waals surface area contributed by atoms with Crippen molar-refractivity contribution < 1.29 is 4.74 Å². The Bertz CT molecular complexity index is 934. The number of ether oxygens (including phenoxy) is 1. The van der Waals surface area contributed by atoms with Crippen molar-refractivity contribution in [2.24, 2.45) is 16.7 Å². The highest BCUT2D eigenvalue weighted by Crippen LogP contribution is 2.70. The molecule has 148 valence electrons. The van der Waals surface area contributed by atoms with Crippen LogP contribution < -0.4 is 10.5 Å². The molecule has 2 aromatic carbocycles. The SMILES string of the molecule is Cc1cc(Oc2ccc(C34CC5CC(C)(CC(C)(C5)C3)C4)cc2Cl)ccc1N. The van der Waals surface area contributed by atoms with E-state index in [0.29, 0.717) is 21.3 Å². The van der Waals surface area contributed by atoms with Crippen molar-refractivity contribution in [3.63, 3.8) is 0 Å². The topological polar surface area (TPSA) is 35.2 Å². The minimum atomic E-state index is 0.295. The molecular weight excluding hydrogens is 366 g/mol. The van der Waals surface area contributed by atoms with Crippen LogP contribution in [-0.4, -0.2) is 0 Å². The fourth-order valence-corrected chi connectivity index (χ4v) is 7.74. The second-order valence-electron chi connectivity index (χ2n) is 10.7. The molecule has 4 aliphatic rings. The van der Waals surface area contributed by atoms with Gasteiger partial charge in [-0.1, -0.05) is 31.5 Å². The van der Waals surface area contributed by atoms with Crippen molar-refractivity contribution in [2.45, 2.75) is 64.7 Å². The zero-order valence-electron chi connectivity index (χ0n) is 17.1. The molecule has 3 heteroatoms. The van der Waals surface area contributed by atoms with Crippen LogP contribution in [0.4, 0.5) is 5.69 Å². The molecule has 0 radical (unpaired) electrons. The molecule has 28 heavy (non-hydrogen) atoms.